The van der Waals surface area contributed by atoms with E-state index in [1.54, 1.807) is 0 Å². The molecule has 1 aromatic rings. The molecular weight excluding hydrogens is 310 g/mol. The van der Waals surface area contributed by atoms with Crippen molar-refractivity contribution in [3.05, 3.63) is 28.2 Å². The summed E-state index contributed by atoms with van der Waals surface area (Å²) < 4.78 is 12.0. The molecule has 0 radical (unpaired) electrons. The van der Waals surface area contributed by atoms with Gasteiger partial charge in [0.05, 0.1) is 12.7 Å². The largest absolute Gasteiger partial charge is 0.490 e. The van der Waals surface area contributed by atoms with Crippen LogP contribution in [0, 0.1) is 0 Å². The summed E-state index contributed by atoms with van der Waals surface area (Å²) >= 11 is 3.43. The monoisotopic (exact) mass is 331 g/mol. The highest BCUT2D eigenvalue weighted by Gasteiger charge is 2.09. The van der Waals surface area contributed by atoms with Gasteiger partial charge in [0.25, 0.3) is 0 Å². The van der Waals surface area contributed by atoms with Crippen LogP contribution in [0.5, 0.6) is 5.75 Å². The Bertz CT molecular complexity index is 385. The first-order valence-corrected chi connectivity index (χ1v) is 7.17. The van der Waals surface area contributed by atoms with Crippen LogP contribution < -0.4 is 10.1 Å². The van der Waals surface area contributed by atoms with Crippen LogP contribution in [-0.2, 0) is 11.3 Å². The molecule has 0 aliphatic rings. The van der Waals surface area contributed by atoms with Crippen LogP contribution in [0.4, 0.5) is 0 Å². The molecule has 4 nitrogen and oxygen atoms in total. The maximum Gasteiger partial charge on any atom is 0.124 e. The van der Waals surface area contributed by atoms with Crippen LogP contribution in [-0.4, -0.2) is 37.6 Å². The molecule has 5 heteroatoms. The van der Waals surface area contributed by atoms with Gasteiger partial charge in [0.15, 0.2) is 0 Å². The van der Waals surface area contributed by atoms with E-state index in [1.807, 2.05) is 39.1 Å². The maximum absolute atomic E-state index is 9.76. The number of hydrogen-bond acceptors (Lipinski definition) is 4. The van der Waals surface area contributed by atoms with E-state index in [0.717, 1.165) is 15.8 Å². The number of halogens is 1. The molecule has 2 N–H and O–H groups in total. The fourth-order valence-electron chi connectivity index (χ4n) is 1.56. The van der Waals surface area contributed by atoms with Gasteiger partial charge in [-0.3, -0.25) is 0 Å². The van der Waals surface area contributed by atoms with E-state index < -0.39 is 6.10 Å². The predicted molar refractivity (Wildman–Crippen MR) is 79.5 cm³/mol. The first-order chi connectivity index (χ1) is 9.02. The van der Waals surface area contributed by atoms with Crippen molar-refractivity contribution in [3.63, 3.8) is 0 Å². The lowest BCUT2D eigenvalue weighted by Crippen LogP contribution is -2.25. The molecule has 0 saturated carbocycles. The molecule has 1 atom stereocenters. The van der Waals surface area contributed by atoms with Crippen molar-refractivity contribution in [2.75, 3.05) is 20.3 Å². The van der Waals surface area contributed by atoms with Crippen LogP contribution in [0.1, 0.15) is 19.4 Å². The number of benzene rings is 1. The zero-order valence-electron chi connectivity index (χ0n) is 11.6. The van der Waals surface area contributed by atoms with Gasteiger partial charge in [-0.15, -0.1) is 0 Å². The van der Waals surface area contributed by atoms with Crippen LogP contribution in [0.3, 0.4) is 0 Å². The molecule has 19 heavy (non-hydrogen) atoms. The summed E-state index contributed by atoms with van der Waals surface area (Å²) in [5.74, 6) is 0.779. The highest BCUT2D eigenvalue weighted by atomic mass is 79.9. The summed E-state index contributed by atoms with van der Waals surface area (Å²) in [6.07, 6.45) is -0.504. The van der Waals surface area contributed by atoms with Gasteiger partial charge in [0.2, 0.25) is 0 Å². The van der Waals surface area contributed by atoms with E-state index in [4.69, 9.17) is 9.47 Å². The van der Waals surface area contributed by atoms with Crippen LogP contribution in [0.2, 0.25) is 0 Å². The van der Waals surface area contributed by atoms with Crippen molar-refractivity contribution in [2.24, 2.45) is 0 Å². The molecule has 0 aliphatic carbocycles. The third-order valence-corrected chi connectivity index (χ3v) is 2.94. The molecule has 0 fully saturated rings. The molecule has 1 aromatic carbocycles. The van der Waals surface area contributed by atoms with Crippen LogP contribution in [0.15, 0.2) is 22.7 Å². The van der Waals surface area contributed by atoms with Crippen molar-refractivity contribution in [1.82, 2.24) is 5.32 Å². The number of rotatable bonds is 8. The van der Waals surface area contributed by atoms with Gasteiger partial charge in [-0.2, -0.15) is 0 Å². The normalized spacial score (nSPS) is 12.7. The Morgan fingerprint density at radius 1 is 1.32 bits per heavy atom. The number of aliphatic hydroxyl groups excluding tert-OH is 1. The molecule has 108 valence electrons. The minimum absolute atomic E-state index is 0.113. The Labute approximate surface area is 123 Å². The summed E-state index contributed by atoms with van der Waals surface area (Å²) in [7, 11) is 1.88. The third kappa shape index (κ3) is 6.38. The molecular formula is C14H22BrNO3. The van der Waals surface area contributed by atoms with E-state index in [2.05, 4.69) is 21.2 Å². The highest BCUT2D eigenvalue weighted by molar-refractivity contribution is 9.10. The zero-order chi connectivity index (χ0) is 14.3. The molecule has 0 spiro atoms. The fraction of sp³-hybridized carbons (Fsp3) is 0.571. The first-order valence-electron chi connectivity index (χ1n) is 6.38. The van der Waals surface area contributed by atoms with Crippen molar-refractivity contribution < 1.29 is 14.6 Å². The van der Waals surface area contributed by atoms with Crippen LogP contribution in [0.25, 0.3) is 0 Å². The lowest BCUT2D eigenvalue weighted by molar-refractivity contribution is -0.0124. The summed E-state index contributed by atoms with van der Waals surface area (Å²) in [6.45, 7) is 5.11. The smallest absolute Gasteiger partial charge is 0.124 e. The van der Waals surface area contributed by atoms with Gasteiger partial charge < -0.3 is 19.9 Å². The molecule has 0 bridgehead atoms. The standard InChI is InChI=1S/C14H22BrNO3/c1-10(2)18-8-13(17)9-19-14-5-4-12(15)6-11(14)7-16-3/h4-6,10,13,16-17H,7-9H2,1-3H3. The summed E-state index contributed by atoms with van der Waals surface area (Å²) in [4.78, 5) is 0. The van der Waals surface area contributed by atoms with E-state index in [1.165, 1.54) is 0 Å². The zero-order valence-corrected chi connectivity index (χ0v) is 13.2. The molecule has 0 aliphatic heterocycles. The van der Waals surface area contributed by atoms with E-state index >= 15 is 0 Å². The summed E-state index contributed by atoms with van der Waals surface area (Å²) in [5, 5.41) is 12.9. The van der Waals surface area contributed by atoms with Crippen molar-refractivity contribution >= 4 is 15.9 Å². The molecule has 1 rings (SSSR count). The van der Waals surface area contributed by atoms with E-state index in [0.29, 0.717) is 6.54 Å². The van der Waals surface area contributed by atoms with Crippen LogP contribution >= 0.6 is 15.9 Å². The number of nitrogens with one attached hydrogen (secondary N) is 1. The van der Waals surface area contributed by atoms with E-state index in [-0.39, 0.29) is 19.3 Å². The molecule has 0 saturated heterocycles. The Balaban J connectivity index is 2.52. The maximum atomic E-state index is 9.76. The second kappa shape index (κ2) is 8.53. The minimum Gasteiger partial charge on any atom is -0.490 e. The Hall–Kier alpha value is -0.620. The van der Waals surface area contributed by atoms with Crippen molar-refractivity contribution in [2.45, 2.75) is 32.6 Å². The quantitative estimate of drug-likeness (QED) is 0.767. The van der Waals surface area contributed by atoms with Crippen molar-refractivity contribution in [3.8, 4) is 5.75 Å². The molecule has 1 unspecified atom stereocenters. The lowest BCUT2D eigenvalue weighted by atomic mass is 10.2. The molecule has 0 amide bonds. The van der Waals surface area contributed by atoms with Gasteiger partial charge in [-0.05, 0) is 39.1 Å². The number of aliphatic hydroxyl groups is 1. The summed E-state index contributed by atoms with van der Waals surface area (Å²) in [5.41, 5.74) is 1.05. The van der Waals surface area contributed by atoms with Gasteiger partial charge in [0, 0.05) is 16.6 Å². The number of hydrogen-bond donors (Lipinski definition) is 2. The Kier molecular flexibility index (Phi) is 7.38. The van der Waals surface area contributed by atoms with E-state index in [9.17, 15) is 5.11 Å². The lowest BCUT2D eigenvalue weighted by Gasteiger charge is -2.16. The molecule has 0 heterocycles. The SMILES string of the molecule is CNCc1cc(Br)ccc1OCC(O)COC(C)C. The fourth-order valence-corrected chi connectivity index (χ4v) is 1.96. The second-order valence-electron chi connectivity index (χ2n) is 4.63. The van der Waals surface area contributed by atoms with Gasteiger partial charge in [0.1, 0.15) is 18.5 Å². The highest BCUT2D eigenvalue weighted by Crippen LogP contribution is 2.23. The summed E-state index contributed by atoms with van der Waals surface area (Å²) in [6, 6.07) is 5.82. The van der Waals surface area contributed by atoms with Gasteiger partial charge in [-0.1, -0.05) is 15.9 Å². The molecule has 0 aromatic heterocycles. The second-order valence-corrected chi connectivity index (χ2v) is 5.54. The third-order valence-electron chi connectivity index (χ3n) is 2.44. The average Bonchev–Trinajstić information content (AvgIpc) is 2.35. The number of ether oxygens (including phenoxy) is 2. The van der Waals surface area contributed by atoms with Gasteiger partial charge >= 0.3 is 0 Å². The average molecular weight is 332 g/mol. The Morgan fingerprint density at radius 2 is 2.05 bits per heavy atom. The minimum atomic E-state index is -0.617. The first kappa shape index (κ1) is 16.4. The van der Waals surface area contributed by atoms with Crippen molar-refractivity contribution in [1.29, 1.82) is 0 Å². The van der Waals surface area contributed by atoms with Gasteiger partial charge in [-0.25, -0.2) is 0 Å². The topological polar surface area (TPSA) is 50.7 Å². The Morgan fingerprint density at radius 3 is 2.68 bits per heavy atom. The predicted octanol–water partition coefficient (Wildman–Crippen LogP) is 2.33.